The molecule has 0 amide bonds. The van der Waals surface area contributed by atoms with Gasteiger partial charge in [0.05, 0.1) is 0 Å². The minimum Gasteiger partial charge on any atom is -0.480 e. The summed E-state index contributed by atoms with van der Waals surface area (Å²) in [5, 5.41) is 7.87. The van der Waals surface area contributed by atoms with E-state index in [0.717, 1.165) is 0 Å². The van der Waals surface area contributed by atoms with Crippen molar-refractivity contribution in [2.45, 2.75) is 62.3 Å². The Balaban J connectivity index is 4.85. The third-order valence-corrected chi connectivity index (χ3v) is 4.45. The number of carboxylic acid groups (broad SMARTS) is 1. The Morgan fingerprint density at radius 2 is 1.44 bits per heavy atom. The number of hydrogen-bond donors (Lipinski definition) is 1. The molecule has 0 bridgehead atoms. The minimum absolute atomic E-state index is 0.0650. The first-order valence-corrected chi connectivity index (χ1v) is 8.07. The third kappa shape index (κ3) is 5.85. The van der Waals surface area contributed by atoms with E-state index >= 15 is 0 Å². The van der Waals surface area contributed by atoms with E-state index in [1.807, 2.05) is 0 Å². The van der Waals surface area contributed by atoms with E-state index in [1.54, 1.807) is 13.8 Å². The van der Waals surface area contributed by atoms with Crippen molar-refractivity contribution < 1.29 is 49.4 Å². The lowest BCUT2D eigenvalue weighted by atomic mass is 10.00. The molecule has 1 N–H and O–H groups in total. The molecule has 0 aliphatic carbocycles. The van der Waals surface area contributed by atoms with Gasteiger partial charge in [-0.2, -0.15) is 39.5 Å². The van der Waals surface area contributed by atoms with Crippen LogP contribution in [0.5, 0.6) is 0 Å². The SMILES string of the molecule is CC(C)CC(SCCCC(F)(F)C(F)(F)C(F)(F)C(F)(F)F)C(=O)O. The molecule has 0 saturated carbocycles. The second-order valence-corrected chi connectivity index (χ2v) is 7.09. The van der Waals surface area contributed by atoms with Gasteiger partial charge in [0.25, 0.3) is 0 Å². The number of carbonyl (C=O) groups is 1. The summed E-state index contributed by atoms with van der Waals surface area (Å²) in [5.41, 5.74) is 0. The van der Waals surface area contributed by atoms with Crippen molar-refractivity contribution in [3.63, 3.8) is 0 Å². The van der Waals surface area contributed by atoms with E-state index in [0.29, 0.717) is 11.8 Å². The van der Waals surface area contributed by atoms with E-state index in [9.17, 15) is 44.3 Å². The fourth-order valence-corrected chi connectivity index (χ4v) is 3.01. The molecule has 0 radical (unpaired) electrons. The summed E-state index contributed by atoms with van der Waals surface area (Å²) < 4.78 is 114. The highest BCUT2D eigenvalue weighted by molar-refractivity contribution is 8.00. The van der Waals surface area contributed by atoms with Crippen molar-refractivity contribution in [2.24, 2.45) is 5.92 Å². The van der Waals surface area contributed by atoms with Gasteiger partial charge in [-0.15, -0.1) is 11.8 Å². The van der Waals surface area contributed by atoms with Crippen molar-refractivity contribution in [2.75, 3.05) is 5.75 Å². The number of aliphatic carboxylic acids is 1. The molecule has 0 aliphatic rings. The highest BCUT2D eigenvalue weighted by Crippen LogP contribution is 2.54. The van der Waals surface area contributed by atoms with Crippen molar-refractivity contribution in [1.82, 2.24) is 0 Å². The second-order valence-electron chi connectivity index (χ2n) is 5.78. The first kappa shape index (κ1) is 24.2. The lowest BCUT2D eigenvalue weighted by molar-refractivity contribution is -0.396. The average molecular weight is 408 g/mol. The summed E-state index contributed by atoms with van der Waals surface area (Å²) in [7, 11) is 0. The monoisotopic (exact) mass is 408 g/mol. The summed E-state index contributed by atoms with van der Waals surface area (Å²) in [4.78, 5) is 10.9. The molecule has 12 heteroatoms. The molecular weight excluding hydrogens is 391 g/mol. The predicted molar refractivity (Wildman–Crippen MR) is 73.5 cm³/mol. The molecular formula is C13H17F9O2S. The van der Waals surface area contributed by atoms with Crippen LogP contribution in [0.15, 0.2) is 0 Å². The van der Waals surface area contributed by atoms with Crippen LogP contribution < -0.4 is 0 Å². The summed E-state index contributed by atoms with van der Waals surface area (Å²) >= 11 is 0.635. The largest absolute Gasteiger partial charge is 0.480 e. The topological polar surface area (TPSA) is 37.3 Å². The molecule has 0 fully saturated rings. The number of thioether (sulfide) groups is 1. The van der Waals surface area contributed by atoms with Crippen LogP contribution in [0.4, 0.5) is 39.5 Å². The fourth-order valence-electron chi connectivity index (χ4n) is 1.75. The van der Waals surface area contributed by atoms with Crippen molar-refractivity contribution >= 4 is 17.7 Å². The molecule has 2 nitrogen and oxygen atoms in total. The Kier molecular flexibility index (Phi) is 7.99. The van der Waals surface area contributed by atoms with E-state index in [1.165, 1.54) is 0 Å². The predicted octanol–water partition coefficient (Wildman–Crippen LogP) is 5.47. The van der Waals surface area contributed by atoms with Gasteiger partial charge in [0.1, 0.15) is 5.25 Å². The Hall–Kier alpha value is -0.810. The lowest BCUT2D eigenvalue weighted by Crippen LogP contribution is -2.60. The standard InChI is InChI=1S/C13H17F9O2S/c1-7(2)6-8(9(23)24)25-5-3-4-10(14,15)11(16,17)12(18,19)13(20,21)22/h7-8H,3-6H2,1-2H3,(H,23,24). The number of halogens is 9. The zero-order valence-electron chi connectivity index (χ0n) is 13.1. The molecule has 0 heterocycles. The van der Waals surface area contributed by atoms with Crippen LogP contribution in [-0.4, -0.2) is 46.0 Å². The average Bonchev–Trinajstić information content (AvgIpc) is 2.39. The zero-order valence-corrected chi connectivity index (χ0v) is 14.0. The maximum absolute atomic E-state index is 13.3. The van der Waals surface area contributed by atoms with E-state index in [-0.39, 0.29) is 12.3 Å². The van der Waals surface area contributed by atoms with E-state index in [4.69, 9.17) is 5.11 Å². The maximum Gasteiger partial charge on any atom is 0.460 e. The molecule has 0 aromatic carbocycles. The molecule has 25 heavy (non-hydrogen) atoms. The van der Waals surface area contributed by atoms with Crippen LogP contribution >= 0.6 is 11.8 Å². The number of rotatable bonds is 10. The summed E-state index contributed by atoms with van der Waals surface area (Å²) in [6, 6.07) is 0. The molecule has 0 aromatic rings. The van der Waals surface area contributed by atoms with Crippen LogP contribution in [-0.2, 0) is 4.79 Å². The number of carboxylic acids is 1. The van der Waals surface area contributed by atoms with Crippen LogP contribution in [0.25, 0.3) is 0 Å². The van der Waals surface area contributed by atoms with Crippen LogP contribution in [0, 0.1) is 5.92 Å². The Bertz CT molecular complexity index is 449. The summed E-state index contributed by atoms with van der Waals surface area (Å²) in [5.74, 6) is -20.9. The minimum atomic E-state index is -6.89. The van der Waals surface area contributed by atoms with Crippen LogP contribution in [0.3, 0.4) is 0 Å². The lowest BCUT2D eigenvalue weighted by Gasteiger charge is -2.33. The molecule has 0 saturated heterocycles. The van der Waals surface area contributed by atoms with Gasteiger partial charge in [0.2, 0.25) is 0 Å². The van der Waals surface area contributed by atoms with Crippen LogP contribution in [0.2, 0.25) is 0 Å². The van der Waals surface area contributed by atoms with Gasteiger partial charge in [0, 0.05) is 6.42 Å². The van der Waals surface area contributed by atoms with Gasteiger partial charge in [-0.05, 0) is 24.5 Å². The highest BCUT2D eigenvalue weighted by atomic mass is 32.2. The molecule has 0 aromatic heterocycles. The van der Waals surface area contributed by atoms with Gasteiger partial charge in [0.15, 0.2) is 0 Å². The van der Waals surface area contributed by atoms with E-state index in [2.05, 4.69) is 0 Å². The molecule has 1 atom stereocenters. The normalized spacial score (nSPS) is 15.5. The molecule has 150 valence electrons. The van der Waals surface area contributed by atoms with Gasteiger partial charge in [-0.3, -0.25) is 4.79 Å². The van der Waals surface area contributed by atoms with Crippen molar-refractivity contribution in [3.8, 4) is 0 Å². The first-order chi connectivity index (χ1) is 11.0. The summed E-state index contributed by atoms with van der Waals surface area (Å²) in [6.45, 7) is 3.37. The Morgan fingerprint density at radius 1 is 0.960 bits per heavy atom. The number of alkyl halides is 9. The van der Waals surface area contributed by atoms with E-state index < -0.39 is 53.8 Å². The van der Waals surface area contributed by atoms with Crippen LogP contribution in [0.1, 0.15) is 33.1 Å². The van der Waals surface area contributed by atoms with Crippen molar-refractivity contribution in [3.05, 3.63) is 0 Å². The third-order valence-electron chi connectivity index (χ3n) is 3.12. The zero-order chi connectivity index (χ0) is 20.3. The van der Waals surface area contributed by atoms with Gasteiger partial charge in [-0.1, -0.05) is 13.8 Å². The highest BCUT2D eigenvalue weighted by Gasteiger charge is 2.81. The quantitative estimate of drug-likeness (QED) is 0.385. The first-order valence-electron chi connectivity index (χ1n) is 7.02. The van der Waals surface area contributed by atoms with Gasteiger partial charge in [-0.25, -0.2) is 0 Å². The Morgan fingerprint density at radius 3 is 1.80 bits per heavy atom. The van der Waals surface area contributed by atoms with Gasteiger partial charge < -0.3 is 5.11 Å². The molecule has 0 spiro atoms. The summed E-state index contributed by atoms with van der Waals surface area (Å²) in [6.07, 6.45) is -9.48. The molecule has 0 aliphatic heterocycles. The molecule has 0 rings (SSSR count). The Labute approximate surface area is 142 Å². The number of hydrogen-bond acceptors (Lipinski definition) is 2. The maximum atomic E-state index is 13.3. The molecule has 1 unspecified atom stereocenters. The fraction of sp³-hybridized carbons (Fsp3) is 0.923. The smallest absolute Gasteiger partial charge is 0.460 e. The second kappa shape index (κ2) is 8.26. The van der Waals surface area contributed by atoms with Crippen molar-refractivity contribution in [1.29, 1.82) is 0 Å². The van der Waals surface area contributed by atoms with Gasteiger partial charge >= 0.3 is 29.9 Å².